The molecule has 0 bridgehead atoms. The van der Waals surface area contributed by atoms with Gasteiger partial charge < -0.3 is 10.2 Å². The number of benzene rings is 1. The van der Waals surface area contributed by atoms with Crippen LogP contribution in [0.4, 0.5) is 11.4 Å². The first-order valence-corrected chi connectivity index (χ1v) is 10.5. The fourth-order valence-corrected chi connectivity index (χ4v) is 5.42. The third-order valence-corrected chi connectivity index (χ3v) is 7.25. The van der Waals surface area contributed by atoms with E-state index in [1.807, 2.05) is 19.1 Å². The number of nitrogens with zero attached hydrogens (tertiary/aromatic N) is 1. The lowest BCUT2D eigenvalue weighted by atomic mass is 10.1. The first-order valence-electron chi connectivity index (χ1n) is 8.83. The zero-order valence-electron chi connectivity index (χ0n) is 14.3. The molecule has 2 fully saturated rings. The molecule has 24 heavy (non-hydrogen) atoms. The average Bonchev–Trinajstić information content (AvgIpc) is 3.22. The Bertz CT molecular complexity index is 703. The molecule has 2 aliphatic rings. The van der Waals surface area contributed by atoms with Gasteiger partial charge in [-0.3, -0.25) is 4.79 Å². The van der Waals surface area contributed by atoms with Gasteiger partial charge in [-0.2, -0.15) is 0 Å². The summed E-state index contributed by atoms with van der Waals surface area (Å²) < 4.78 is 24.6. The molecule has 1 saturated carbocycles. The molecule has 1 aliphatic carbocycles. The van der Waals surface area contributed by atoms with Crippen molar-refractivity contribution >= 4 is 27.1 Å². The summed E-state index contributed by atoms with van der Waals surface area (Å²) in [5.74, 6) is -0.843. The average molecular weight is 350 g/mol. The third-order valence-electron chi connectivity index (χ3n) is 5.10. The summed E-state index contributed by atoms with van der Waals surface area (Å²) in [6.07, 6.45) is 5.72. The first-order chi connectivity index (χ1) is 11.5. The Morgan fingerprint density at radius 2 is 1.83 bits per heavy atom. The van der Waals surface area contributed by atoms with Crippen molar-refractivity contribution in [2.75, 3.05) is 29.1 Å². The lowest BCUT2D eigenvalue weighted by molar-refractivity contribution is -0.113. The standard InChI is InChI=1S/C18H26N2O3S/c1-14-12-15(20-10-4-5-11-20)8-9-17(14)19-18(21)13-24(22,23)16-6-2-3-7-16/h8-9,12,16H,2-7,10-11,13H2,1H3,(H,19,21). The van der Waals surface area contributed by atoms with Crippen molar-refractivity contribution in [1.29, 1.82) is 0 Å². The molecule has 0 atom stereocenters. The number of sulfone groups is 1. The minimum Gasteiger partial charge on any atom is -0.372 e. The van der Waals surface area contributed by atoms with Crippen LogP contribution in [0, 0.1) is 6.92 Å². The highest BCUT2D eigenvalue weighted by molar-refractivity contribution is 7.92. The molecule has 132 valence electrons. The second-order valence-electron chi connectivity index (χ2n) is 6.96. The van der Waals surface area contributed by atoms with E-state index in [-0.39, 0.29) is 5.25 Å². The van der Waals surface area contributed by atoms with Crippen molar-refractivity contribution in [2.24, 2.45) is 0 Å². The summed E-state index contributed by atoms with van der Waals surface area (Å²) in [5.41, 5.74) is 2.83. The molecule has 0 unspecified atom stereocenters. The summed E-state index contributed by atoms with van der Waals surface area (Å²) in [4.78, 5) is 14.5. The van der Waals surface area contributed by atoms with Gasteiger partial charge in [-0.15, -0.1) is 0 Å². The molecular weight excluding hydrogens is 324 g/mol. The van der Waals surface area contributed by atoms with Crippen molar-refractivity contribution < 1.29 is 13.2 Å². The van der Waals surface area contributed by atoms with E-state index in [1.165, 1.54) is 18.5 Å². The fraction of sp³-hybridized carbons (Fsp3) is 0.611. The van der Waals surface area contributed by atoms with E-state index in [0.29, 0.717) is 18.5 Å². The second-order valence-corrected chi connectivity index (χ2v) is 9.24. The highest BCUT2D eigenvalue weighted by atomic mass is 32.2. The van der Waals surface area contributed by atoms with Crippen molar-refractivity contribution in [2.45, 2.75) is 50.7 Å². The molecule has 1 heterocycles. The lowest BCUT2D eigenvalue weighted by Crippen LogP contribution is -2.29. The van der Waals surface area contributed by atoms with Crippen molar-refractivity contribution in [3.8, 4) is 0 Å². The highest BCUT2D eigenvalue weighted by Crippen LogP contribution is 2.27. The smallest absolute Gasteiger partial charge is 0.239 e. The molecule has 1 N–H and O–H groups in total. The number of carbonyl (C=O) groups excluding carboxylic acids is 1. The predicted octanol–water partition coefficient (Wildman–Crippen LogP) is 2.89. The number of rotatable bonds is 5. The summed E-state index contributed by atoms with van der Waals surface area (Å²) >= 11 is 0. The topological polar surface area (TPSA) is 66.5 Å². The summed E-state index contributed by atoms with van der Waals surface area (Å²) in [6, 6.07) is 5.94. The van der Waals surface area contributed by atoms with Gasteiger partial charge in [0.15, 0.2) is 9.84 Å². The molecule has 1 aromatic rings. The van der Waals surface area contributed by atoms with Crippen LogP contribution in [-0.2, 0) is 14.6 Å². The van der Waals surface area contributed by atoms with Crippen LogP contribution in [0.2, 0.25) is 0 Å². The van der Waals surface area contributed by atoms with Crippen LogP contribution in [0.1, 0.15) is 44.1 Å². The summed E-state index contributed by atoms with van der Waals surface area (Å²) in [6.45, 7) is 4.09. The molecule has 0 aromatic heterocycles. The van der Waals surface area contributed by atoms with E-state index < -0.39 is 21.5 Å². The Morgan fingerprint density at radius 1 is 1.17 bits per heavy atom. The molecule has 1 saturated heterocycles. The largest absolute Gasteiger partial charge is 0.372 e. The van der Waals surface area contributed by atoms with Gasteiger partial charge in [0.1, 0.15) is 5.75 Å². The van der Waals surface area contributed by atoms with Crippen LogP contribution >= 0.6 is 0 Å². The monoisotopic (exact) mass is 350 g/mol. The minimum atomic E-state index is -3.33. The van der Waals surface area contributed by atoms with Gasteiger partial charge in [0.2, 0.25) is 5.91 Å². The molecule has 3 rings (SSSR count). The van der Waals surface area contributed by atoms with Crippen LogP contribution in [0.25, 0.3) is 0 Å². The van der Waals surface area contributed by atoms with Crippen LogP contribution in [0.5, 0.6) is 0 Å². The van der Waals surface area contributed by atoms with Crippen LogP contribution < -0.4 is 10.2 Å². The Hall–Kier alpha value is -1.56. The second kappa shape index (κ2) is 7.13. The predicted molar refractivity (Wildman–Crippen MR) is 97.3 cm³/mol. The van der Waals surface area contributed by atoms with Gasteiger partial charge in [0.05, 0.1) is 5.25 Å². The van der Waals surface area contributed by atoms with Gasteiger partial charge in [0, 0.05) is 24.5 Å². The van der Waals surface area contributed by atoms with Gasteiger partial charge in [-0.05, 0) is 56.4 Å². The first kappa shape index (κ1) is 17.3. The van der Waals surface area contributed by atoms with Gasteiger partial charge >= 0.3 is 0 Å². The van der Waals surface area contributed by atoms with Crippen LogP contribution in [0.3, 0.4) is 0 Å². The van der Waals surface area contributed by atoms with E-state index in [2.05, 4.69) is 16.3 Å². The zero-order chi connectivity index (χ0) is 17.2. The number of aryl methyl sites for hydroxylation is 1. The normalized spacial score (nSPS) is 19.0. The van der Waals surface area contributed by atoms with E-state index in [1.54, 1.807) is 0 Å². The maximum atomic E-state index is 12.3. The number of carbonyl (C=O) groups is 1. The van der Waals surface area contributed by atoms with E-state index in [9.17, 15) is 13.2 Å². The maximum absolute atomic E-state index is 12.3. The maximum Gasteiger partial charge on any atom is 0.239 e. The van der Waals surface area contributed by atoms with Crippen molar-refractivity contribution in [1.82, 2.24) is 0 Å². The molecule has 0 radical (unpaired) electrons. The van der Waals surface area contributed by atoms with Crippen molar-refractivity contribution in [3.63, 3.8) is 0 Å². The Kier molecular flexibility index (Phi) is 5.13. The Balaban J connectivity index is 1.63. The van der Waals surface area contributed by atoms with Gasteiger partial charge in [-0.25, -0.2) is 8.42 Å². The van der Waals surface area contributed by atoms with Gasteiger partial charge in [0.25, 0.3) is 0 Å². The van der Waals surface area contributed by atoms with Gasteiger partial charge in [-0.1, -0.05) is 12.8 Å². The van der Waals surface area contributed by atoms with Crippen LogP contribution in [0.15, 0.2) is 18.2 Å². The molecule has 5 nitrogen and oxygen atoms in total. The summed E-state index contributed by atoms with van der Waals surface area (Å²) in [5, 5.41) is 2.44. The number of amides is 1. The quantitative estimate of drug-likeness (QED) is 0.887. The van der Waals surface area contributed by atoms with Crippen LogP contribution in [-0.4, -0.2) is 38.4 Å². The molecular formula is C18H26N2O3S. The SMILES string of the molecule is Cc1cc(N2CCCC2)ccc1NC(=O)CS(=O)(=O)C1CCCC1. The van der Waals surface area contributed by atoms with E-state index >= 15 is 0 Å². The fourth-order valence-electron chi connectivity index (χ4n) is 3.69. The third kappa shape index (κ3) is 3.91. The number of nitrogens with one attached hydrogen (secondary N) is 1. The van der Waals surface area contributed by atoms with E-state index in [0.717, 1.165) is 31.5 Å². The summed E-state index contributed by atoms with van der Waals surface area (Å²) in [7, 11) is -3.33. The molecule has 6 heteroatoms. The zero-order valence-corrected chi connectivity index (χ0v) is 15.1. The Labute approximate surface area is 144 Å². The lowest BCUT2D eigenvalue weighted by Gasteiger charge is -2.19. The highest BCUT2D eigenvalue weighted by Gasteiger charge is 2.30. The molecule has 1 aromatic carbocycles. The molecule has 1 amide bonds. The minimum absolute atomic E-state index is 0.332. The molecule has 1 aliphatic heterocycles. The molecule has 0 spiro atoms. The number of hydrogen-bond acceptors (Lipinski definition) is 4. The Morgan fingerprint density at radius 3 is 2.46 bits per heavy atom. The van der Waals surface area contributed by atoms with E-state index in [4.69, 9.17) is 0 Å². The van der Waals surface area contributed by atoms with Crippen molar-refractivity contribution in [3.05, 3.63) is 23.8 Å². The number of anilines is 2. The number of hydrogen-bond donors (Lipinski definition) is 1.